The quantitative estimate of drug-likeness (QED) is 0.122. The van der Waals surface area contributed by atoms with Gasteiger partial charge in [0.2, 0.25) is 0 Å². The van der Waals surface area contributed by atoms with Gasteiger partial charge in [-0.1, -0.05) is 6.58 Å². The normalized spacial score (nSPS) is 13.7. The maximum atomic E-state index is 12.4. The van der Waals surface area contributed by atoms with Crippen LogP contribution in [-0.2, 0) is 21.9 Å². The highest BCUT2D eigenvalue weighted by Gasteiger charge is 2.66. The first kappa shape index (κ1) is 23.3. The lowest BCUT2D eigenvalue weighted by molar-refractivity contribution is -0.137. The average Bonchev–Trinajstić information content (AvgIpc) is 2.27. The molecule has 0 spiro atoms. The van der Waals surface area contributed by atoms with E-state index in [2.05, 4.69) is 23.7 Å². The summed E-state index contributed by atoms with van der Waals surface area (Å²) in [4.78, 5) is 10.7. The second kappa shape index (κ2) is 8.62. The summed E-state index contributed by atoms with van der Waals surface area (Å²) in [7, 11) is -28.2. The number of ether oxygens (including phenoxy) is 1. The molecular weight excluding hydrogens is 435 g/mol. The molecule has 0 fully saturated rings. The molecule has 0 radical (unpaired) electrons. The van der Waals surface area contributed by atoms with E-state index in [1.165, 1.54) is 0 Å². The molecule has 0 aliphatic rings. The van der Waals surface area contributed by atoms with Gasteiger partial charge < -0.3 is 17.1 Å². The maximum absolute atomic E-state index is 12.4. The lowest BCUT2D eigenvalue weighted by Crippen LogP contribution is -2.58. The van der Waals surface area contributed by atoms with Gasteiger partial charge in [0.05, 0.1) is 6.61 Å². The number of carbonyl (C=O) groups excluding carboxylic acids is 1. The standard InChI is InChI=1S/C6H9F9O5Si4/c1-2-6(16)17-4-3-5-21(18-22(7,8)9,19-23(10,11)12)20-24(13,14)15/h2H,1,3-5H2. The summed E-state index contributed by atoms with van der Waals surface area (Å²) < 4.78 is 125. The zero-order valence-electron chi connectivity index (χ0n) is 11.3. The number of hydrogen-bond donors (Lipinski definition) is 0. The molecule has 0 heterocycles. The van der Waals surface area contributed by atoms with Crippen LogP contribution in [0.5, 0.6) is 0 Å². The smallest absolute Gasteiger partial charge is 0.463 e. The molecule has 0 rings (SSSR count). The van der Waals surface area contributed by atoms with Crippen molar-refractivity contribution in [2.75, 3.05) is 6.61 Å². The first-order valence-electron chi connectivity index (χ1n) is 5.67. The highest BCUT2D eigenvalue weighted by Crippen LogP contribution is 2.33. The van der Waals surface area contributed by atoms with E-state index in [1.54, 1.807) is 0 Å². The summed E-state index contributed by atoms with van der Waals surface area (Å²) >= 11 is 0. The predicted molar refractivity (Wildman–Crippen MR) is 66.8 cm³/mol. The van der Waals surface area contributed by atoms with Crippen LogP contribution in [0.1, 0.15) is 6.42 Å². The molecule has 0 aromatic rings. The van der Waals surface area contributed by atoms with Crippen LogP contribution in [0.2, 0.25) is 6.04 Å². The number of esters is 1. The topological polar surface area (TPSA) is 54.0 Å². The fraction of sp³-hybridized carbons (Fsp3) is 0.500. The Kier molecular flexibility index (Phi) is 8.38. The zero-order valence-corrected chi connectivity index (χ0v) is 15.3. The molecule has 0 aliphatic carbocycles. The van der Waals surface area contributed by atoms with Gasteiger partial charge >= 0.3 is 42.7 Å². The van der Waals surface area contributed by atoms with Gasteiger partial charge in [0.1, 0.15) is 0 Å². The second-order valence-corrected chi connectivity index (χ2v) is 10.8. The van der Waals surface area contributed by atoms with Gasteiger partial charge in [-0.3, -0.25) is 0 Å². The summed E-state index contributed by atoms with van der Waals surface area (Å²) in [5, 5.41) is 0. The third kappa shape index (κ3) is 11.8. The molecule has 0 aromatic heterocycles. The summed E-state index contributed by atoms with van der Waals surface area (Å²) in [5.41, 5.74) is 0. The molecule has 0 bridgehead atoms. The molecule has 24 heavy (non-hydrogen) atoms. The van der Waals surface area contributed by atoms with Crippen LogP contribution < -0.4 is 0 Å². The van der Waals surface area contributed by atoms with Gasteiger partial charge in [0.15, 0.2) is 0 Å². The van der Waals surface area contributed by atoms with Gasteiger partial charge in [-0.2, -0.15) is 0 Å². The van der Waals surface area contributed by atoms with Crippen LogP contribution in [0.25, 0.3) is 0 Å². The second-order valence-electron chi connectivity index (χ2n) is 3.80. The number of hydrogen-bond acceptors (Lipinski definition) is 5. The van der Waals surface area contributed by atoms with Crippen LogP contribution >= 0.6 is 0 Å². The van der Waals surface area contributed by atoms with E-state index in [4.69, 9.17) is 0 Å². The van der Waals surface area contributed by atoms with Crippen LogP contribution in [0.4, 0.5) is 37.0 Å². The van der Waals surface area contributed by atoms with E-state index in [-0.39, 0.29) is 0 Å². The van der Waals surface area contributed by atoms with Gasteiger partial charge in [-0.05, 0) is 6.42 Å². The van der Waals surface area contributed by atoms with Crippen molar-refractivity contribution >= 4 is 42.7 Å². The average molecular weight is 444 g/mol. The fourth-order valence-corrected chi connectivity index (χ4v) is 8.92. The molecular formula is C6H9F9O5Si4. The van der Waals surface area contributed by atoms with Crippen molar-refractivity contribution in [1.29, 1.82) is 0 Å². The summed E-state index contributed by atoms with van der Waals surface area (Å²) in [6, 6.07) is -1.48. The molecule has 18 heteroatoms. The Hall–Kier alpha value is -0.672. The van der Waals surface area contributed by atoms with E-state index >= 15 is 0 Å². The van der Waals surface area contributed by atoms with Crippen molar-refractivity contribution in [1.82, 2.24) is 0 Å². The van der Waals surface area contributed by atoms with Crippen LogP contribution in [0.15, 0.2) is 12.7 Å². The lowest BCUT2D eigenvalue weighted by atomic mass is 10.5. The number of halogens is 9. The van der Waals surface area contributed by atoms with Crippen LogP contribution in [0, 0.1) is 0 Å². The predicted octanol–water partition coefficient (Wildman–Crippen LogP) is 3.13. The molecule has 0 unspecified atom stereocenters. The van der Waals surface area contributed by atoms with Gasteiger partial charge in [0.25, 0.3) is 0 Å². The summed E-state index contributed by atoms with van der Waals surface area (Å²) in [5.74, 6) is -1.06. The molecule has 0 saturated carbocycles. The molecule has 0 atom stereocenters. The van der Waals surface area contributed by atoms with Crippen molar-refractivity contribution in [2.24, 2.45) is 0 Å². The Bertz CT molecular complexity index is 395. The minimum absolute atomic E-state index is 0.641. The SMILES string of the molecule is C=CC(=O)OCCC[Si](O[Si](F)(F)F)(O[Si](F)(F)F)O[Si](F)(F)F. The highest BCUT2D eigenvalue weighted by atomic mass is 28.6. The Morgan fingerprint density at radius 1 is 0.833 bits per heavy atom. The van der Waals surface area contributed by atoms with Gasteiger partial charge in [0, 0.05) is 12.1 Å². The van der Waals surface area contributed by atoms with Crippen molar-refractivity contribution in [3.63, 3.8) is 0 Å². The third-order valence-electron chi connectivity index (χ3n) is 1.85. The highest BCUT2D eigenvalue weighted by molar-refractivity contribution is 6.81. The number of rotatable bonds is 11. The van der Waals surface area contributed by atoms with E-state index in [0.29, 0.717) is 6.08 Å². The largest absolute Gasteiger partial charge is 0.795 e. The lowest BCUT2D eigenvalue weighted by Gasteiger charge is -2.30. The van der Waals surface area contributed by atoms with E-state index in [1.807, 2.05) is 0 Å². The molecule has 5 nitrogen and oxygen atoms in total. The van der Waals surface area contributed by atoms with Gasteiger partial charge in [-0.25, -0.2) is 41.8 Å². The molecule has 0 N–H and O–H groups in total. The van der Waals surface area contributed by atoms with Crippen LogP contribution in [-0.4, -0.2) is 49.3 Å². The van der Waals surface area contributed by atoms with Crippen molar-refractivity contribution in [3.8, 4) is 0 Å². The Balaban J connectivity index is 5.30. The molecule has 0 aliphatic heterocycles. The van der Waals surface area contributed by atoms with Crippen molar-refractivity contribution in [2.45, 2.75) is 12.5 Å². The van der Waals surface area contributed by atoms with Crippen molar-refractivity contribution < 1.29 is 58.8 Å². The molecule has 0 amide bonds. The number of carbonyl (C=O) groups is 1. The minimum Gasteiger partial charge on any atom is -0.463 e. The van der Waals surface area contributed by atoms with Crippen LogP contribution in [0.3, 0.4) is 0 Å². The molecule has 142 valence electrons. The van der Waals surface area contributed by atoms with Gasteiger partial charge in [-0.15, -0.1) is 0 Å². The fourth-order valence-electron chi connectivity index (χ4n) is 1.26. The summed E-state index contributed by atoms with van der Waals surface area (Å²) in [6.45, 7) is 2.19. The maximum Gasteiger partial charge on any atom is 0.795 e. The van der Waals surface area contributed by atoms with E-state index in [0.717, 1.165) is 0 Å². The van der Waals surface area contributed by atoms with Crippen molar-refractivity contribution in [3.05, 3.63) is 12.7 Å². The monoisotopic (exact) mass is 444 g/mol. The van der Waals surface area contributed by atoms with E-state index in [9.17, 15) is 41.8 Å². The zero-order chi connectivity index (χ0) is 19.2. The summed E-state index contributed by atoms with van der Waals surface area (Å²) in [6.07, 6.45) is -0.187. The Labute approximate surface area is 134 Å². The minimum atomic E-state index is -7.35. The Morgan fingerprint density at radius 2 is 1.21 bits per heavy atom. The molecule has 0 aromatic carbocycles. The third-order valence-corrected chi connectivity index (χ3v) is 9.33. The van der Waals surface area contributed by atoms with E-state index < -0.39 is 61.8 Å². The Morgan fingerprint density at radius 3 is 1.50 bits per heavy atom. The first-order chi connectivity index (χ1) is 10.6. The first-order valence-corrected chi connectivity index (χ1v) is 12.2. The molecule has 0 saturated heterocycles.